The molecule has 1 aromatic carbocycles. The van der Waals surface area contributed by atoms with Crippen molar-refractivity contribution < 1.29 is 23.5 Å². The smallest absolute Gasteiger partial charge is 0.329 e. The van der Waals surface area contributed by atoms with Crippen molar-refractivity contribution in [1.82, 2.24) is 5.32 Å². The number of ketones is 1. The first-order valence-electron chi connectivity index (χ1n) is 5.81. The van der Waals surface area contributed by atoms with Crippen LogP contribution in [0.5, 0.6) is 0 Å². The van der Waals surface area contributed by atoms with Gasteiger partial charge in [0.15, 0.2) is 12.4 Å². The molecule has 1 fully saturated rings. The van der Waals surface area contributed by atoms with Gasteiger partial charge in [-0.05, 0) is 30.7 Å². The van der Waals surface area contributed by atoms with E-state index in [1.807, 2.05) is 0 Å². The Balaban J connectivity index is 1.85. The van der Waals surface area contributed by atoms with E-state index in [2.05, 4.69) is 5.32 Å². The molecule has 0 aliphatic carbocycles. The molecule has 19 heavy (non-hydrogen) atoms. The molecular formula is C13H12FNO4. The second-order valence-electron chi connectivity index (χ2n) is 4.20. The number of esters is 1. The zero-order chi connectivity index (χ0) is 13.8. The van der Waals surface area contributed by atoms with E-state index in [1.165, 1.54) is 12.1 Å². The minimum Gasteiger partial charge on any atom is -0.456 e. The van der Waals surface area contributed by atoms with Crippen LogP contribution in [0.1, 0.15) is 23.2 Å². The first-order valence-corrected chi connectivity index (χ1v) is 5.81. The van der Waals surface area contributed by atoms with Crippen molar-refractivity contribution in [2.75, 3.05) is 6.61 Å². The predicted molar refractivity (Wildman–Crippen MR) is 62.9 cm³/mol. The molecule has 1 N–H and O–H groups in total. The van der Waals surface area contributed by atoms with Crippen LogP contribution in [0.3, 0.4) is 0 Å². The number of carbonyl (C=O) groups is 3. The summed E-state index contributed by atoms with van der Waals surface area (Å²) in [4.78, 5) is 34.1. The number of hydrogen-bond acceptors (Lipinski definition) is 4. The summed E-state index contributed by atoms with van der Waals surface area (Å²) in [7, 11) is 0. The van der Waals surface area contributed by atoms with E-state index < -0.39 is 30.2 Å². The van der Waals surface area contributed by atoms with Crippen LogP contribution in [0, 0.1) is 5.82 Å². The number of Topliss-reactive ketones (excluding diaryl/α,β-unsaturated/α-hetero) is 1. The van der Waals surface area contributed by atoms with E-state index in [0.717, 1.165) is 12.1 Å². The number of carbonyl (C=O) groups excluding carboxylic acids is 3. The molecule has 0 bridgehead atoms. The topological polar surface area (TPSA) is 72.5 Å². The van der Waals surface area contributed by atoms with Crippen LogP contribution in [0.25, 0.3) is 0 Å². The summed E-state index contributed by atoms with van der Waals surface area (Å²) in [6, 6.07) is 4.29. The number of halogens is 1. The van der Waals surface area contributed by atoms with Crippen molar-refractivity contribution in [2.45, 2.75) is 18.9 Å². The summed E-state index contributed by atoms with van der Waals surface area (Å²) in [6.45, 7) is -0.420. The highest BCUT2D eigenvalue weighted by atomic mass is 19.1. The zero-order valence-corrected chi connectivity index (χ0v) is 10.0. The Morgan fingerprint density at radius 1 is 1.32 bits per heavy atom. The Morgan fingerprint density at radius 2 is 2.00 bits per heavy atom. The molecular weight excluding hydrogens is 253 g/mol. The van der Waals surface area contributed by atoms with Gasteiger partial charge < -0.3 is 10.1 Å². The van der Waals surface area contributed by atoms with Gasteiger partial charge in [0, 0.05) is 12.0 Å². The van der Waals surface area contributed by atoms with E-state index in [4.69, 9.17) is 4.74 Å². The fourth-order valence-electron chi connectivity index (χ4n) is 1.75. The molecule has 2 rings (SSSR count). The normalized spacial score (nSPS) is 17.9. The van der Waals surface area contributed by atoms with Crippen molar-refractivity contribution in [1.29, 1.82) is 0 Å². The third-order valence-corrected chi connectivity index (χ3v) is 2.79. The summed E-state index contributed by atoms with van der Waals surface area (Å²) in [5.41, 5.74) is 0.268. The van der Waals surface area contributed by atoms with Crippen LogP contribution in [0.4, 0.5) is 4.39 Å². The van der Waals surface area contributed by atoms with Crippen LogP contribution >= 0.6 is 0 Å². The van der Waals surface area contributed by atoms with Gasteiger partial charge in [0.25, 0.3) is 0 Å². The van der Waals surface area contributed by atoms with Gasteiger partial charge in [-0.3, -0.25) is 9.59 Å². The molecule has 1 atom stereocenters. The van der Waals surface area contributed by atoms with Crippen molar-refractivity contribution >= 4 is 17.7 Å². The maximum atomic E-state index is 12.7. The highest BCUT2D eigenvalue weighted by Gasteiger charge is 2.28. The largest absolute Gasteiger partial charge is 0.456 e. The van der Waals surface area contributed by atoms with Crippen LogP contribution in [0.15, 0.2) is 24.3 Å². The van der Waals surface area contributed by atoms with Crippen LogP contribution in [-0.2, 0) is 14.3 Å². The van der Waals surface area contributed by atoms with Gasteiger partial charge in [-0.2, -0.15) is 0 Å². The minimum atomic E-state index is -0.673. The second-order valence-corrected chi connectivity index (χ2v) is 4.20. The molecule has 1 aliphatic rings. The quantitative estimate of drug-likeness (QED) is 0.646. The summed E-state index contributed by atoms with van der Waals surface area (Å²) >= 11 is 0. The highest BCUT2D eigenvalue weighted by Crippen LogP contribution is 2.09. The van der Waals surface area contributed by atoms with Crippen LogP contribution in [0.2, 0.25) is 0 Å². The van der Waals surface area contributed by atoms with E-state index in [1.54, 1.807) is 0 Å². The molecule has 0 radical (unpaired) electrons. The number of ether oxygens (including phenoxy) is 1. The molecule has 6 heteroatoms. The Labute approximate surface area is 108 Å². The average molecular weight is 265 g/mol. The number of benzene rings is 1. The molecule has 0 aromatic heterocycles. The van der Waals surface area contributed by atoms with E-state index in [0.29, 0.717) is 6.42 Å². The highest BCUT2D eigenvalue weighted by molar-refractivity contribution is 5.98. The van der Waals surface area contributed by atoms with Gasteiger partial charge >= 0.3 is 5.97 Å². The van der Waals surface area contributed by atoms with E-state index >= 15 is 0 Å². The average Bonchev–Trinajstić information content (AvgIpc) is 2.83. The lowest BCUT2D eigenvalue weighted by Crippen LogP contribution is -2.35. The van der Waals surface area contributed by atoms with Gasteiger partial charge in [0.2, 0.25) is 5.91 Å². The maximum absolute atomic E-state index is 12.7. The first kappa shape index (κ1) is 13.2. The lowest BCUT2D eigenvalue weighted by Gasteiger charge is -2.09. The summed E-state index contributed by atoms with van der Waals surface area (Å²) in [5.74, 6) is -1.69. The fourth-order valence-corrected chi connectivity index (χ4v) is 1.75. The zero-order valence-electron chi connectivity index (χ0n) is 10.0. The third-order valence-electron chi connectivity index (χ3n) is 2.79. The second kappa shape index (κ2) is 5.60. The third kappa shape index (κ3) is 3.37. The van der Waals surface area contributed by atoms with Gasteiger partial charge in [-0.25, -0.2) is 9.18 Å². The molecule has 1 saturated heterocycles. The predicted octanol–water partition coefficient (Wildman–Crippen LogP) is 0.830. The molecule has 1 unspecified atom stereocenters. The summed E-state index contributed by atoms with van der Waals surface area (Å²) in [6.07, 6.45) is 0.661. The number of amides is 1. The molecule has 1 amide bonds. The van der Waals surface area contributed by atoms with Gasteiger partial charge in [-0.15, -0.1) is 0 Å². The summed E-state index contributed by atoms with van der Waals surface area (Å²) < 4.78 is 17.5. The van der Waals surface area contributed by atoms with Crippen molar-refractivity contribution in [3.63, 3.8) is 0 Å². The van der Waals surface area contributed by atoms with E-state index in [-0.39, 0.29) is 17.9 Å². The Kier molecular flexibility index (Phi) is 3.89. The molecule has 1 aliphatic heterocycles. The maximum Gasteiger partial charge on any atom is 0.329 e. The van der Waals surface area contributed by atoms with Crippen molar-refractivity contribution in [3.05, 3.63) is 35.6 Å². The SMILES string of the molecule is O=C1CCC(C(=O)OCC(=O)c2ccc(F)cc2)N1. The Morgan fingerprint density at radius 3 is 2.58 bits per heavy atom. The number of hydrogen-bond donors (Lipinski definition) is 1. The lowest BCUT2D eigenvalue weighted by molar-refractivity contribution is -0.145. The molecule has 5 nitrogen and oxygen atoms in total. The molecule has 100 valence electrons. The molecule has 0 spiro atoms. The Hall–Kier alpha value is -2.24. The standard InChI is InChI=1S/C13H12FNO4/c14-9-3-1-8(2-4-9)11(16)7-19-13(18)10-5-6-12(17)15-10/h1-4,10H,5-7H2,(H,15,17). The molecule has 0 saturated carbocycles. The Bertz CT molecular complexity index is 512. The monoisotopic (exact) mass is 265 g/mol. The van der Waals surface area contributed by atoms with Crippen molar-refractivity contribution in [2.24, 2.45) is 0 Å². The minimum absolute atomic E-state index is 0.202. The van der Waals surface area contributed by atoms with Gasteiger partial charge in [0.1, 0.15) is 11.9 Å². The number of nitrogens with one attached hydrogen (secondary N) is 1. The van der Waals surface area contributed by atoms with Crippen molar-refractivity contribution in [3.8, 4) is 0 Å². The van der Waals surface area contributed by atoms with Gasteiger partial charge in [-0.1, -0.05) is 0 Å². The molecule has 1 heterocycles. The lowest BCUT2D eigenvalue weighted by atomic mass is 10.1. The summed E-state index contributed by atoms with van der Waals surface area (Å²) in [5, 5.41) is 2.45. The van der Waals surface area contributed by atoms with Crippen LogP contribution < -0.4 is 5.32 Å². The van der Waals surface area contributed by atoms with E-state index in [9.17, 15) is 18.8 Å². The first-order chi connectivity index (χ1) is 9.06. The fraction of sp³-hybridized carbons (Fsp3) is 0.308. The molecule has 1 aromatic rings. The van der Waals surface area contributed by atoms with Gasteiger partial charge in [0.05, 0.1) is 0 Å². The number of rotatable bonds is 4. The van der Waals surface area contributed by atoms with Crippen LogP contribution in [-0.4, -0.2) is 30.3 Å².